The van der Waals surface area contributed by atoms with E-state index in [9.17, 15) is 4.79 Å². The van der Waals surface area contributed by atoms with Crippen LogP contribution >= 0.6 is 0 Å². The molecule has 6 nitrogen and oxygen atoms in total. The molecule has 0 unspecified atom stereocenters. The fraction of sp³-hybridized carbons (Fsp3) is 0.667. The highest BCUT2D eigenvalue weighted by Gasteiger charge is 2.48. The van der Waals surface area contributed by atoms with Crippen molar-refractivity contribution in [2.75, 3.05) is 67.3 Å². The highest BCUT2D eigenvalue weighted by Crippen LogP contribution is 2.45. The molecule has 2 heterocycles. The van der Waals surface area contributed by atoms with Crippen molar-refractivity contribution in [1.82, 2.24) is 9.80 Å². The van der Waals surface area contributed by atoms with Crippen LogP contribution in [0.4, 0.5) is 0 Å². The minimum absolute atomic E-state index is 0.0984. The summed E-state index contributed by atoms with van der Waals surface area (Å²) in [4.78, 5) is 17.4. The number of rotatable bonds is 7. The molecule has 2 aliphatic heterocycles. The zero-order valence-corrected chi connectivity index (χ0v) is 16.8. The molecular weight excluding hydrogens is 344 g/mol. The number of hydrogen-bond acceptors (Lipinski definition) is 5. The standard InChI is InChI=1S/C21H32N2O4/c1-25-12-11-22-14-18(15-26-2)21(16-22)7-9-23(10-8-21)20(24)17-5-4-6-19(13-17)27-3/h4-6,13,18H,7-12,14-16H2,1-3H3/t18-/m1/s1. The Bertz CT molecular complexity index is 628. The van der Waals surface area contributed by atoms with E-state index in [2.05, 4.69) is 4.90 Å². The molecule has 2 fully saturated rings. The van der Waals surface area contributed by atoms with Crippen molar-refractivity contribution in [3.8, 4) is 5.75 Å². The third-order valence-corrected chi connectivity index (χ3v) is 6.23. The number of benzene rings is 1. The van der Waals surface area contributed by atoms with E-state index in [0.717, 1.165) is 64.5 Å². The van der Waals surface area contributed by atoms with E-state index in [0.29, 0.717) is 11.5 Å². The van der Waals surface area contributed by atoms with Crippen LogP contribution in [0, 0.1) is 11.3 Å². The molecule has 1 amide bonds. The maximum absolute atomic E-state index is 12.9. The normalized spacial score (nSPS) is 22.3. The second-order valence-electron chi connectivity index (χ2n) is 7.77. The number of methoxy groups -OCH3 is 3. The minimum Gasteiger partial charge on any atom is -0.497 e. The third kappa shape index (κ3) is 4.45. The second-order valence-corrected chi connectivity index (χ2v) is 7.77. The smallest absolute Gasteiger partial charge is 0.253 e. The molecule has 1 spiro atoms. The van der Waals surface area contributed by atoms with Crippen molar-refractivity contribution in [3.63, 3.8) is 0 Å². The van der Waals surface area contributed by atoms with Crippen molar-refractivity contribution in [2.24, 2.45) is 11.3 Å². The Hall–Kier alpha value is -1.63. The van der Waals surface area contributed by atoms with Crippen LogP contribution in [-0.4, -0.2) is 83.0 Å². The van der Waals surface area contributed by atoms with Crippen LogP contribution in [0.15, 0.2) is 24.3 Å². The van der Waals surface area contributed by atoms with Gasteiger partial charge in [-0.25, -0.2) is 0 Å². The maximum Gasteiger partial charge on any atom is 0.253 e. The maximum atomic E-state index is 12.9. The molecule has 2 aliphatic rings. The van der Waals surface area contributed by atoms with Crippen LogP contribution in [-0.2, 0) is 9.47 Å². The summed E-state index contributed by atoms with van der Waals surface area (Å²) in [5.74, 6) is 1.34. The van der Waals surface area contributed by atoms with Crippen molar-refractivity contribution in [1.29, 1.82) is 0 Å². The number of amides is 1. The van der Waals surface area contributed by atoms with E-state index in [1.165, 1.54) is 0 Å². The van der Waals surface area contributed by atoms with Crippen LogP contribution in [0.2, 0.25) is 0 Å². The lowest BCUT2D eigenvalue weighted by Crippen LogP contribution is -2.47. The SMILES string of the molecule is COCCN1C[C@H](COC)C2(CCN(C(=O)c3cccc(OC)c3)CC2)C1. The lowest BCUT2D eigenvalue weighted by atomic mass is 9.71. The van der Waals surface area contributed by atoms with Gasteiger partial charge in [-0.15, -0.1) is 0 Å². The van der Waals surface area contributed by atoms with E-state index in [-0.39, 0.29) is 11.3 Å². The third-order valence-electron chi connectivity index (χ3n) is 6.23. The zero-order chi connectivity index (χ0) is 19.3. The van der Waals surface area contributed by atoms with Crippen molar-refractivity contribution >= 4 is 5.91 Å². The summed E-state index contributed by atoms with van der Waals surface area (Å²) in [7, 11) is 5.16. The van der Waals surface area contributed by atoms with Gasteiger partial charge in [-0.3, -0.25) is 4.79 Å². The molecule has 3 rings (SSSR count). The predicted octanol–water partition coefficient (Wildman–Crippen LogP) is 2.14. The molecular formula is C21H32N2O4. The van der Waals surface area contributed by atoms with Crippen molar-refractivity contribution in [2.45, 2.75) is 12.8 Å². The van der Waals surface area contributed by atoms with Crippen LogP contribution < -0.4 is 4.74 Å². The Balaban J connectivity index is 1.64. The summed E-state index contributed by atoms with van der Waals surface area (Å²) in [6.45, 7) is 6.24. The van der Waals surface area contributed by atoms with Crippen LogP contribution in [0.1, 0.15) is 23.2 Å². The van der Waals surface area contributed by atoms with E-state index in [1.54, 1.807) is 21.3 Å². The number of hydrogen-bond donors (Lipinski definition) is 0. The number of carbonyl (C=O) groups is 1. The van der Waals surface area contributed by atoms with Crippen molar-refractivity contribution < 1.29 is 19.0 Å². The molecule has 6 heteroatoms. The largest absolute Gasteiger partial charge is 0.497 e. The van der Waals surface area contributed by atoms with E-state index < -0.39 is 0 Å². The van der Waals surface area contributed by atoms with Crippen molar-refractivity contribution in [3.05, 3.63) is 29.8 Å². The quantitative estimate of drug-likeness (QED) is 0.730. The predicted molar refractivity (Wildman–Crippen MR) is 104 cm³/mol. The van der Waals surface area contributed by atoms with Gasteiger partial charge in [0.25, 0.3) is 5.91 Å². The van der Waals surface area contributed by atoms with Gasteiger partial charge in [-0.1, -0.05) is 6.07 Å². The summed E-state index contributed by atoms with van der Waals surface area (Å²) < 4.78 is 16.0. The highest BCUT2D eigenvalue weighted by molar-refractivity contribution is 5.94. The summed E-state index contributed by atoms with van der Waals surface area (Å²) in [6, 6.07) is 7.43. The van der Waals surface area contributed by atoms with E-state index >= 15 is 0 Å². The first-order chi connectivity index (χ1) is 13.1. The summed E-state index contributed by atoms with van der Waals surface area (Å²) >= 11 is 0. The topological polar surface area (TPSA) is 51.2 Å². The molecule has 1 aromatic rings. The first kappa shape index (κ1) is 20.1. The molecule has 27 heavy (non-hydrogen) atoms. The monoisotopic (exact) mass is 376 g/mol. The van der Waals surface area contributed by atoms with Gasteiger partial charge in [0.2, 0.25) is 0 Å². The van der Waals surface area contributed by atoms with Gasteiger partial charge < -0.3 is 24.0 Å². The highest BCUT2D eigenvalue weighted by atomic mass is 16.5. The fourth-order valence-corrected chi connectivity index (χ4v) is 4.63. The number of ether oxygens (including phenoxy) is 3. The molecule has 0 saturated carbocycles. The van der Waals surface area contributed by atoms with Gasteiger partial charge in [-0.05, 0) is 36.5 Å². The van der Waals surface area contributed by atoms with Crippen LogP contribution in [0.3, 0.4) is 0 Å². The zero-order valence-electron chi connectivity index (χ0n) is 16.8. The molecule has 0 N–H and O–H groups in total. The molecule has 1 atom stereocenters. The van der Waals surface area contributed by atoms with E-state index in [4.69, 9.17) is 14.2 Å². The molecule has 0 bridgehead atoms. The molecule has 1 aromatic carbocycles. The fourth-order valence-electron chi connectivity index (χ4n) is 4.63. The molecule has 150 valence electrons. The van der Waals surface area contributed by atoms with Gasteiger partial charge in [0, 0.05) is 58.4 Å². The lowest BCUT2D eigenvalue weighted by molar-refractivity contribution is 0.0321. The molecule has 0 aromatic heterocycles. The Morgan fingerprint density at radius 2 is 1.96 bits per heavy atom. The van der Waals surface area contributed by atoms with Gasteiger partial charge in [0.1, 0.15) is 5.75 Å². The molecule has 2 saturated heterocycles. The summed E-state index contributed by atoms with van der Waals surface area (Å²) in [5.41, 5.74) is 0.946. The van der Waals surface area contributed by atoms with Gasteiger partial charge in [0.15, 0.2) is 0 Å². The first-order valence-electron chi connectivity index (χ1n) is 9.75. The average Bonchev–Trinajstić information content (AvgIpc) is 3.03. The second kappa shape index (κ2) is 9.04. The van der Waals surface area contributed by atoms with Crippen LogP contribution in [0.5, 0.6) is 5.75 Å². The number of piperidine rings is 1. The number of likely N-dealkylation sites (tertiary alicyclic amines) is 2. The van der Waals surface area contributed by atoms with Gasteiger partial charge in [0.05, 0.1) is 20.3 Å². The lowest BCUT2D eigenvalue weighted by Gasteiger charge is -2.42. The summed E-state index contributed by atoms with van der Waals surface area (Å²) in [6.07, 6.45) is 2.06. The number of nitrogens with zero attached hydrogens (tertiary/aromatic N) is 2. The van der Waals surface area contributed by atoms with Gasteiger partial charge in [-0.2, -0.15) is 0 Å². The number of carbonyl (C=O) groups excluding carboxylic acids is 1. The Kier molecular flexibility index (Phi) is 6.73. The van der Waals surface area contributed by atoms with Crippen LogP contribution in [0.25, 0.3) is 0 Å². The van der Waals surface area contributed by atoms with Gasteiger partial charge >= 0.3 is 0 Å². The molecule has 0 radical (unpaired) electrons. The summed E-state index contributed by atoms with van der Waals surface area (Å²) in [5, 5.41) is 0. The first-order valence-corrected chi connectivity index (χ1v) is 9.75. The Morgan fingerprint density at radius 1 is 1.19 bits per heavy atom. The average molecular weight is 376 g/mol. The van der Waals surface area contributed by atoms with E-state index in [1.807, 2.05) is 29.2 Å². The minimum atomic E-state index is 0.0984. The molecule has 0 aliphatic carbocycles. The Labute approximate surface area is 162 Å². The Morgan fingerprint density at radius 3 is 2.63 bits per heavy atom.